The molecule has 0 aromatic heterocycles. The lowest BCUT2D eigenvalue weighted by Crippen LogP contribution is -2.04. The van der Waals surface area contributed by atoms with E-state index in [-0.39, 0.29) is 35.1 Å². The predicted octanol–water partition coefficient (Wildman–Crippen LogP) is 16.5. The van der Waals surface area contributed by atoms with Crippen LogP contribution in [0.5, 0.6) is 69.0 Å². The minimum atomic E-state index is -4.09. The van der Waals surface area contributed by atoms with E-state index in [1.165, 1.54) is 66.7 Å². The highest BCUT2D eigenvalue weighted by atomic mass is 79.9. The van der Waals surface area contributed by atoms with Crippen LogP contribution >= 0.6 is 31.9 Å². The van der Waals surface area contributed by atoms with Gasteiger partial charge in [0.05, 0.1) is 24.5 Å². The maximum Gasteiger partial charge on any atom is 0.210 e. The minimum Gasteiger partial charge on any atom is -0.457 e. The van der Waals surface area contributed by atoms with Crippen LogP contribution in [0.15, 0.2) is 281 Å². The van der Waals surface area contributed by atoms with E-state index in [1.54, 1.807) is 146 Å². The summed E-state index contributed by atoms with van der Waals surface area (Å²) in [5, 5.41) is 0. The minimum absolute atomic E-state index is 0.00799. The van der Waals surface area contributed by atoms with Crippen LogP contribution in [0.3, 0.4) is 0 Å². The molecule has 77 heavy (non-hydrogen) atoms. The van der Waals surface area contributed by atoms with E-state index < -0.39 is 29.5 Å². The van der Waals surface area contributed by atoms with Crippen LogP contribution in [0, 0.1) is 0 Å². The fourth-order valence-electron chi connectivity index (χ4n) is 7.64. The summed E-state index contributed by atoms with van der Waals surface area (Å²) in [7, 11) is -11.8. The standard InChI is InChI=1S/C60H40Br2O12S3/c61-41-6-3-8-50(38-41)71-47-20-30-55(31-21-47)75(63,64)54-28-18-45(19-29-54)69-43-14-16-44(17-15-43)70-46-26-36-58(37-27-46)77(67,68)60-13-2-1-12-59(60)74-53-11-5-10-52(40-53)73-49-24-34-57(35-25-49)76(65,66)56-32-22-48(23-33-56)72-51-9-4-7-42(62)39-51/h1-40H. The van der Waals surface area contributed by atoms with Crippen LogP contribution in [0.2, 0.25) is 0 Å². The van der Waals surface area contributed by atoms with Gasteiger partial charge in [0.25, 0.3) is 0 Å². The van der Waals surface area contributed by atoms with Crippen LogP contribution in [0.25, 0.3) is 0 Å². The topological polar surface area (TPSA) is 158 Å². The van der Waals surface area contributed by atoms with E-state index in [2.05, 4.69) is 31.9 Å². The molecule has 10 aromatic carbocycles. The van der Waals surface area contributed by atoms with E-state index in [1.807, 2.05) is 30.3 Å². The molecule has 0 atom stereocenters. The Balaban J connectivity index is 0.732. The number of benzene rings is 10. The maximum atomic E-state index is 14.1. The Labute approximate surface area is 461 Å². The zero-order chi connectivity index (χ0) is 53.6. The first kappa shape index (κ1) is 52.3. The van der Waals surface area contributed by atoms with Crippen molar-refractivity contribution in [3.8, 4) is 69.0 Å². The van der Waals surface area contributed by atoms with E-state index in [9.17, 15) is 25.3 Å². The number of rotatable bonds is 18. The Morgan fingerprint density at radius 2 is 0.494 bits per heavy atom. The fourth-order valence-corrected chi connectivity index (χ4v) is 12.3. The lowest BCUT2D eigenvalue weighted by atomic mass is 10.3. The molecule has 0 amide bonds. The van der Waals surface area contributed by atoms with Crippen LogP contribution in [0.4, 0.5) is 0 Å². The normalized spacial score (nSPS) is 11.6. The molecule has 10 aromatic rings. The third-order valence-electron chi connectivity index (χ3n) is 11.4. The Morgan fingerprint density at radius 1 is 0.234 bits per heavy atom. The van der Waals surface area contributed by atoms with E-state index in [4.69, 9.17) is 28.4 Å². The van der Waals surface area contributed by atoms with Crippen molar-refractivity contribution in [2.75, 3.05) is 0 Å². The molecule has 0 saturated heterocycles. The molecule has 17 heteroatoms. The van der Waals surface area contributed by atoms with Crippen molar-refractivity contribution < 1.29 is 53.7 Å². The second kappa shape index (κ2) is 22.6. The Hall–Kier alpha value is -8.19. The number of sulfone groups is 3. The summed E-state index contributed by atoms with van der Waals surface area (Å²) in [5.74, 6) is 5.03. The molecule has 0 aliphatic rings. The SMILES string of the molecule is O=S(=O)(c1ccc(Oc2ccc(Oc3ccc(S(=O)(=O)c4ccccc4Oc4cccc(Oc5ccc(S(=O)(=O)c6ccc(Oc7cccc(Br)c7)cc6)cc5)c4)cc3)cc2)cc1)c1ccc(Oc2cccc(Br)c2)cc1. The molecular formula is C60H40Br2O12S3. The van der Waals surface area contributed by atoms with Gasteiger partial charge in [-0.25, -0.2) is 25.3 Å². The van der Waals surface area contributed by atoms with Gasteiger partial charge in [-0.2, -0.15) is 0 Å². The van der Waals surface area contributed by atoms with Crippen molar-refractivity contribution in [2.24, 2.45) is 0 Å². The molecule has 384 valence electrons. The van der Waals surface area contributed by atoms with Crippen molar-refractivity contribution in [2.45, 2.75) is 29.4 Å². The summed E-state index contributed by atoms with van der Waals surface area (Å²) in [5.41, 5.74) is 0. The van der Waals surface area contributed by atoms with Gasteiger partial charge in [0.15, 0.2) is 0 Å². The van der Waals surface area contributed by atoms with Gasteiger partial charge in [-0.3, -0.25) is 0 Å². The zero-order valence-electron chi connectivity index (χ0n) is 40.0. The first-order valence-corrected chi connectivity index (χ1v) is 29.3. The second-order valence-corrected chi connectivity index (χ2v) is 24.4. The van der Waals surface area contributed by atoms with Crippen molar-refractivity contribution in [3.05, 3.63) is 252 Å². The van der Waals surface area contributed by atoms with Crippen LogP contribution < -0.4 is 28.4 Å². The third kappa shape index (κ3) is 12.6. The number of halogens is 2. The molecule has 0 unspecified atom stereocenters. The van der Waals surface area contributed by atoms with E-state index >= 15 is 0 Å². The summed E-state index contributed by atoms with van der Waals surface area (Å²) < 4.78 is 119. The number of hydrogen-bond acceptors (Lipinski definition) is 12. The van der Waals surface area contributed by atoms with Crippen molar-refractivity contribution >= 4 is 61.4 Å². The van der Waals surface area contributed by atoms with Crippen molar-refractivity contribution in [1.29, 1.82) is 0 Å². The molecule has 0 radical (unpaired) electrons. The summed E-state index contributed by atoms with van der Waals surface area (Å²) in [6.45, 7) is 0. The molecule has 0 N–H and O–H groups in total. The van der Waals surface area contributed by atoms with Crippen LogP contribution in [0.1, 0.15) is 0 Å². The highest BCUT2D eigenvalue weighted by Gasteiger charge is 2.24. The van der Waals surface area contributed by atoms with Gasteiger partial charge < -0.3 is 28.4 Å². The van der Waals surface area contributed by atoms with Crippen LogP contribution in [-0.4, -0.2) is 25.3 Å². The van der Waals surface area contributed by atoms with Gasteiger partial charge >= 0.3 is 0 Å². The molecule has 0 bridgehead atoms. The lowest BCUT2D eigenvalue weighted by Gasteiger charge is -2.14. The number of hydrogen-bond donors (Lipinski definition) is 0. The molecule has 12 nitrogen and oxygen atoms in total. The van der Waals surface area contributed by atoms with E-state index in [0.29, 0.717) is 63.2 Å². The van der Waals surface area contributed by atoms with Gasteiger partial charge in [-0.1, -0.05) is 62.2 Å². The highest BCUT2D eigenvalue weighted by Crippen LogP contribution is 2.37. The average molecular weight is 1210 g/mol. The summed E-state index contributed by atoms with van der Waals surface area (Å²) in [6.07, 6.45) is 0. The molecule has 0 fully saturated rings. The maximum absolute atomic E-state index is 14.1. The second-order valence-electron chi connectivity index (χ2n) is 16.8. The summed E-state index contributed by atoms with van der Waals surface area (Å²) in [4.78, 5) is 0.332. The smallest absolute Gasteiger partial charge is 0.210 e. The fraction of sp³-hybridized carbons (Fsp3) is 0. The monoisotopic (exact) mass is 1210 g/mol. The third-order valence-corrected chi connectivity index (χ3v) is 17.8. The Morgan fingerprint density at radius 3 is 0.831 bits per heavy atom. The van der Waals surface area contributed by atoms with Crippen LogP contribution in [-0.2, 0) is 29.5 Å². The number of para-hydroxylation sites is 1. The molecule has 0 spiro atoms. The van der Waals surface area contributed by atoms with Crippen molar-refractivity contribution in [3.63, 3.8) is 0 Å². The van der Waals surface area contributed by atoms with Crippen molar-refractivity contribution in [1.82, 2.24) is 0 Å². The Kier molecular flexibility index (Phi) is 15.3. The molecule has 0 heterocycles. The molecule has 0 aliphatic carbocycles. The summed E-state index contributed by atoms with van der Waals surface area (Å²) >= 11 is 6.82. The first-order valence-electron chi connectivity index (χ1n) is 23.3. The highest BCUT2D eigenvalue weighted by molar-refractivity contribution is 9.10. The number of ether oxygens (including phenoxy) is 6. The van der Waals surface area contributed by atoms with Gasteiger partial charge in [0, 0.05) is 15.0 Å². The lowest BCUT2D eigenvalue weighted by molar-refractivity contribution is 0.452. The predicted molar refractivity (Wildman–Crippen MR) is 297 cm³/mol. The Bertz CT molecular complexity index is 4070. The molecule has 0 aliphatic heterocycles. The quantitative estimate of drug-likeness (QED) is 0.0802. The largest absolute Gasteiger partial charge is 0.457 e. The zero-order valence-corrected chi connectivity index (χ0v) is 45.6. The van der Waals surface area contributed by atoms with Gasteiger partial charge in [-0.05, 0) is 206 Å². The average Bonchev–Trinajstić information content (AvgIpc) is 3.45. The van der Waals surface area contributed by atoms with Gasteiger partial charge in [0.2, 0.25) is 29.5 Å². The van der Waals surface area contributed by atoms with E-state index in [0.717, 1.165) is 8.95 Å². The summed E-state index contributed by atoms with van der Waals surface area (Å²) in [6, 6.07) is 64.7. The van der Waals surface area contributed by atoms with Gasteiger partial charge in [0.1, 0.15) is 73.9 Å². The molecular weight excluding hydrogens is 1170 g/mol. The molecule has 10 rings (SSSR count). The molecule has 0 saturated carbocycles. The first-order chi connectivity index (χ1) is 37.1. The van der Waals surface area contributed by atoms with Gasteiger partial charge in [-0.15, -0.1) is 0 Å².